The van der Waals surface area contributed by atoms with Crippen LogP contribution in [0.1, 0.15) is 65.5 Å². The molecule has 7 heteroatoms. The predicted molar refractivity (Wildman–Crippen MR) is 96.8 cm³/mol. The van der Waals surface area contributed by atoms with E-state index in [-0.39, 0.29) is 11.8 Å². The Bertz CT molecular complexity index is 762. The molecule has 0 spiro atoms. The molecule has 4 rings (SSSR count). The first-order chi connectivity index (χ1) is 12.6. The molecule has 140 valence electrons. The van der Waals surface area contributed by atoms with Crippen LogP contribution in [0.2, 0.25) is 0 Å². The van der Waals surface area contributed by atoms with E-state index >= 15 is 0 Å². The number of likely N-dealkylation sites (tertiary alicyclic amines) is 1. The second-order valence-electron chi connectivity index (χ2n) is 7.82. The van der Waals surface area contributed by atoms with Crippen LogP contribution in [0.25, 0.3) is 0 Å². The van der Waals surface area contributed by atoms with Crippen LogP contribution in [0, 0.1) is 12.8 Å². The number of hydrogen-bond donors (Lipinski definition) is 3. The van der Waals surface area contributed by atoms with Gasteiger partial charge in [0.15, 0.2) is 0 Å². The molecule has 2 aromatic heterocycles. The molecule has 3 heterocycles. The number of β-amino-alcohol motifs (C(OH)–C–C–N with tert-alkyl or cyclic N) is 1. The van der Waals surface area contributed by atoms with Crippen LogP contribution in [0.3, 0.4) is 0 Å². The maximum absolute atomic E-state index is 13.1. The third-order valence-corrected chi connectivity index (χ3v) is 5.84. The highest BCUT2D eigenvalue weighted by Gasteiger charge is 2.36. The number of rotatable bonds is 4. The second kappa shape index (κ2) is 7.23. The van der Waals surface area contributed by atoms with E-state index in [1.165, 1.54) is 19.3 Å². The maximum Gasteiger partial charge on any atom is 0.257 e. The molecule has 0 aromatic carbocycles. The summed E-state index contributed by atoms with van der Waals surface area (Å²) in [6.07, 6.45) is 7.76. The Labute approximate surface area is 153 Å². The Kier molecular flexibility index (Phi) is 4.80. The summed E-state index contributed by atoms with van der Waals surface area (Å²) in [6, 6.07) is 1.99. The zero-order chi connectivity index (χ0) is 18.1. The summed E-state index contributed by atoms with van der Waals surface area (Å²) in [5.74, 6) is 0.409. The van der Waals surface area contributed by atoms with Crippen molar-refractivity contribution in [1.29, 1.82) is 0 Å². The number of aliphatic hydroxyl groups is 1. The third-order valence-electron chi connectivity index (χ3n) is 5.84. The van der Waals surface area contributed by atoms with Gasteiger partial charge in [-0.05, 0) is 32.3 Å². The van der Waals surface area contributed by atoms with Crippen LogP contribution >= 0.6 is 0 Å². The zero-order valence-electron chi connectivity index (χ0n) is 15.2. The number of aliphatic hydroxyl groups excluding tert-OH is 1. The van der Waals surface area contributed by atoms with E-state index < -0.39 is 6.10 Å². The van der Waals surface area contributed by atoms with Gasteiger partial charge in [0, 0.05) is 30.6 Å². The van der Waals surface area contributed by atoms with Gasteiger partial charge in [-0.2, -0.15) is 10.2 Å². The fraction of sp³-hybridized carbons (Fsp3) is 0.632. The lowest BCUT2D eigenvalue weighted by Crippen LogP contribution is -2.30. The molecule has 7 nitrogen and oxygen atoms in total. The molecule has 0 bridgehead atoms. The number of carbonyl (C=O) groups excluding carboxylic acids is 1. The quantitative estimate of drug-likeness (QED) is 0.781. The Balaban J connectivity index is 1.45. The van der Waals surface area contributed by atoms with Crippen molar-refractivity contribution in [2.45, 2.75) is 57.5 Å². The fourth-order valence-corrected chi connectivity index (χ4v) is 4.41. The van der Waals surface area contributed by atoms with Crippen molar-refractivity contribution < 1.29 is 9.90 Å². The van der Waals surface area contributed by atoms with E-state index in [1.807, 2.05) is 13.0 Å². The van der Waals surface area contributed by atoms with Crippen molar-refractivity contribution in [3.8, 4) is 0 Å². The summed E-state index contributed by atoms with van der Waals surface area (Å²) >= 11 is 0. The number of aryl methyl sites for hydroxylation is 1. The minimum Gasteiger partial charge on any atom is -0.391 e. The van der Waals surface area contributed by atoms with Crippen molar-refractivity contribution in [1.82, 2.24) is 25.3 Å². The van der Waals surface area contributed by atoms with E-state index in [2.05, 4.69) is 20.4 Å². The lowest BCUT2D eigenvalue weighted by atomic mass is 9.85. The number of nitrogens with zero attached hydrogens (tertiary/aromatic N) is 3. The van der Waals surface area contributed by atoms with Crippen LogP contribution in [0.4, 0.5) is 0 Å². The molecule has 1 aliphatic heterocycles. The van der Waals surface area contributed by atoms with E-state index in [0.29, 0.717) is 31.0 Å². The van der Waals surface area contributed by atoms with Crippen LogP contribution in [0.15, 0.2) is 12.3 Å². The minimum absolute atomic E-state index is 0.0147. The molecule has 1 saturated carbocycles. The van der Waals surface area contributed by atoms with E-state index in [1.54, 1.807) is 11.1 Å². The summed E-state index contributed by atoms with van der Waals surface area (Å²) in [6.45, 7) is 2.90. The van der Waals surface area contributed by atoms with Gasteiger partial charge in [-0.25, -0.2) is 0 Å². The van der Waals surface area contributed by atoms with Crippen molar-refractivity contribution >= 4 is 5.91 Å². The standard InChI is InChI=1S/C19H27N5O2/c1-12-7-15(22-21-12)8-14-10-24(11-17(14)25)19(26)16-9-20-23-18(16)13-5-3-2-4-6-13/h7,9,13-14,17,25H,2-6,8,10-11H2,1H3,(H,20,23)(H,21,22)/t14-,17+/m1/s1. The van der Waals surface area contributed by atoms with Gasteiger partial charge < -0.3 is 10.0 Å². The molecular formula is C19H27N5O2. The van der Waals surface area contributed by atoms with E-state index in [0.717, 1.165) is 29.9 Å². The van der Waals surface area contributed by atoms with Crippen LogP contribution in [0.5, 0.6) is 0 Å². The minimum atomic E-state index is -0.513. The number of carbonyl (C=O) groups is 1. The summed E-state index contributed by atoms with van der Waals surface area (Å²) in [7, 11) is 0. The number of amides is 1. The molecule has 1 amide bonds. The lowest BCUT2D eigenvalue weighted by Gasteiger charge is -2.22. The summed E-state index contributed by atoms with van der Waals surface area (Å²) in [5, 5.41) is 24.8. The normalized spacial score (nSPS) is 24.3. The summed E-state index contributed by atoms with van der Waals surface area (Å²) < 4.78 is 0. The van der Waals surface area contributed by atoms with Gasteiger partial charge in [0.05, 0.1) is 29.3 Å². The van der Waals surface area contributed by atoms with Crippen LogP contribution in [-0.4, -0.2) is 55.5 Å². The van der Waals surface area contributed by atoms with Gasteiger partial charge in [0.1, 0.15) is 0 Å². The molecular weight excluding hydrogens is 330 g/mol. The Morgan fingerprint density at radius 3 is 2.81 bits per heavy atom. The molecule has 0 radical (unpaired) electrons. The monoisotopic (exact) mass is 357 g/mol. The van der Waals surface area contributed by atoms with Gasteiger partial charge in [-0.3, -0.25) is 15.0 Å². The molecule has 1 saturated heterocycles. The molecule has 0 unspecified atom stereocenters. The van der Waals surface area contributed by atoms with Crippen molar-refractivity contribution in [3.05, 3.63) is 34.9 Å². The van der Waals surface area contributed by atoms with Crippen molar-refractivity contribution in [2.24, 2.45) is 5.92 Å². The molecule has 2 aliphatic rings. The van der Waals surface area contributed by atoms with Crippen LogP contribution < -0.4 is 0 Å². The highest BCUT2D eigenvalue weighted by atomic mass is 16.3. The van der Waals surface area contributed by atoms with Gasteiger partial charge >= 0.3 is 0 Å². The maximum atomic E-state index is 13.1. The second-order valence-corrected chi connectivity index (χ2v) is 7.82. The lowest BCUT2D eigenvalue weighted by molar-refractivity contribution is 0.0762. The predicted octanol–water partition coefficient (Wildman–Crippen LogP) is 2.16. The topological polar surface area (TPSA) is 97.9 Å². The zero-order valence-corrected chi connectivity index (χ0v) is 15.2. The number of aromatic nitrogens is 4. The Hall–Kier alpha value is -2.15. The van der Waals surface area contributed by atoms with Gasteiger partial charge in [0.2, 0.25) is 0 Å². The van der Waals surface area contributed by atoms with Crippen molar-refractivity contribution in [3.63, 3.8) is 0 Å². The van der Waals surface area contributed by atoms with E-state index in [9.17, 15) is 9.90 Å². The summed E-state index contributed by atoms with van der Waals surface area (Å²) in [5.41, 5.74) is 3.61. The molecule has 2 atom stereocenters. The first kappa shape index (κ1) is 17.3. The highest BCUT2D eigenvalue weighted by molar-refractivity contribution is 5.95. The number of hydrogen-bond acceptors (Lipinski definition) is 4. The summed E-state index contributed by atoms with van der Waals surface area (Å²) in [4.78, 5) is 14.8. The fourth-order valence-electron chi connectivity index (χ4n) is 4.41. The van der Waals surface area contributed by atoms with Gasteiger partial charge in [0.25, 0.3) is 5.91 Å². The molecule has 1 aliphatic carbocycles. The van der Waals surface area contributed by atoms with Gasteiger partial charge in [-0.1, -0.05) is 19.3 Å². The molecule has 3 N–H and O–H groups in total. The number of nitrogens with one attached hydrogen (secondary N) is 2. The number of H-pyrrole nitrogens is 2. The first-order valence-electron chi connectivity index (χ1n) is 9.63. The van der Waals surface area contributed by atoms with Gasteiger partial charge in [-0.15, -0.1) is 0 Å². The molecule has 26 heavy (non-hydrogen) atoms. The Morgan fingerprint density at radius 2 is 2.08 bits per heavy atom. The largest absolute Gasteiger partial charge is 0.391 e. The third kappa shape index (κ3) is 3.40. The first-order valence-corrected chi connectivity index (χ1v) is 9.63. The van der Waals surface area contributed by atoms with E-state index in [4.69, 9.17) is 0 Å². The highest BCUT2D eigenvalue weighted by Crippen LogP contribution is 2.34. The van der Waals surface area contributed by atoms with Crippen molar-refractivity contribution in [2.75, 3.05) is 13.1 Å². The Morgan fingerprint density at radius 1 is 1.27 bits per heavy atom. The van der Waals surface area contributed by atoms with Crippen LogP contribution in [-0.2, 0) is 6.42 Å². The number of aromatic amines is 2. The SMILES string of the molecule is Cc1cc(C[C@@H]2CN(C(=O)c3cn[nH]c3C3CCCCC3)C[C@@H]2O)n[nH]1. The average Bonchev–Trinajstić information content (AvgIpc) is 3.36. The molecule has 2 aromatic rings. The molecule has 2 fully saturated rings. The smallest absolute Gasteiger partial charge is 0.257 e. The average molecular weight is 357 g/mol.